The molecule has 0 aromatic carbocycles. The van der Waals surface area contributed by atoms with E-state index in [0.29, 0.717) is 6.42 Å². The summed E-state index contributed by atoms with van der Waals surface area (Å²) in [6.45, 7) is 2.27. The van der Waals surface area contributed by atoms with Crippen molar-refractivity contribution in [2.75, 3.05) is 6.16 Å². The number of hydrogen-bond acceptors (Lipinski definition) is 1. The molecule has 3 nitrogen and oxygen atoms in total. The molecule has 0 bridgehead atoms. The Labute approximate surface area is 151 Å². The van der Waals surface area contributed by atoms with Gasteiger partial charge in [0.15, 0.2) is 0 Å². The Hall–Kier alpha value is 0.150. The summed E-state index contributed by atoms with van der Waals surface area (Å²) >= 11 is 0. The molecule has 0 saturated carbocycles. The van der Waals surface area contributed by atoms with Gasteiger partial charge in [-0.15, -0.1) is 0 Å². The highest BCUT2D eigenvalue weighted by molar-refractivity contribution is 7.51. The molecule has 0 aliphatic rings. The first-order valence-electron chi connectivity index (χ1n) is 10.4. The summed E-state index contributed by atoms with van der Waals surface area (Å²) < 4.78 is 10.7. The second-order valence-corrected chi connectivity index (χ2v) is 8.98. The van der Waals surface area contributed by atoms with E-state index in [0.717, 1.165) is 12.8 Å². The van der Waals surface area contributed by atoms with Crippen molar-refractivity contribution in [2.24, 2.45) is 0 Å². The maximum Gasteiger partial charge on any atom is 0.325 e. The maximum atomic E-state index is 10.7. The molecule has 0 spiro atoms. The summed E-state index contributed by atoms with van der Waals surface area (Å²) in [4.78, 5) is 17.5. The van der Waals surface area contributed by atoms with Crippen LogP contribution >= 0.6 is 7.60 Å². The third-order valence-corrected chi connectivity index (χ3v) is 5.52. The van der Waals surface area contributed by atoms with Gasteiger partial charge in [-0.1, -0.05) is 103 Å². The van der Waals surface area contributed by atoms with Gasteiger partial charge >= 0.3 is 7.60 Å². The van der Waals surface area contributed by atoms with Crippen molar-refractivity contribution in [1.29, 1.82) is 0 Å². The van der Waals surface area contributed by atoms with Gasteiger partial charge in [0.05, 0.1) is 0 Å². The van der Waals surface area contributed by atoms with E-state index < -0.39 is 7.60 Å². The maximum absolute atomic E-state index is 10.7. The van der Waals surface area contributed by atoms with Gasteiger partial charge in [0.25, 0.3) is 0 Å². The van der Waals surface area contributed by atoms with Crippen LogP contribution in [0.25, 0.3) is 0 Å². The summed E-state index contributed by atoms with van der Waals surface area (Å²) in [5.41, 5.74) is 0. The summed E-state index contributed by atoms with van der Waals surface area (Å²) in [5, 5.41) is 0. The van der Waals surface area contributed by atoms with Crippen molar-refractivity contribution in [2.45, 2.75) is 116 Å². The smallest absolute Gasteiger partial charge is 0.324 e. The highest BCUT2D eigenvalue weighted by Gasteiger charge is 2.10. The van der Waals surface area contributed by atoms with Crippen LogP contribution in [0.3, 0.4) is 0 Å². The lowest BCUT2D eigenvalue weighted by atomic mass is 10.0. The Kier molecular flexibility index (Phi) is 18.1. The van der Waals surface area contributed by atoms with Crippen LogP contribution in [0.15, 0.2) is 0 Å². The van der Waals surface area contributed by atoms with Crippen LogP contribution < -0.4 is 0 Å². The van der Waals surface area contributed by atoms with Crippen LogP contribution in [-0.4, -0.2) is 15.9 Å². The van der Waals surface area contributed by atoms with E-state index >= 15 is 0 Å². The largest absolute Gasteiger partial charge is 0.325 e. The fourth-order valence-corrected chi connectivity index (χ4v) is 3.66. The van der Waals surface area contributed by atoms with Crippen LogP contribution in [0.4, 0.5) is 0 Å². The van der Waals surface area contributed by atoms with E-state index in [1.165, 1.54) is 89.9 Å². The van der Waals surface area contributed by atoms with Gasteiger partial charge in [0.1, 0.15) is 0 Å². The lowest BCUT2D eigenvalue weighted by Gasteiger charge is -2.04. The standard InChI is InChI=1S/C20H42O3P/c1-2-3-4-5-6-7-8-9-10-11-12-13-14-15-16-17-18-19-20-24(21,22)23/h17H,2-16,18-20H2,1H3,(H2,21,22,23). The lowest BCUT2D eigenvalue weighted by molar-refractivity contribution is 0.371. The average Bonchev–Trinajstić information content (AvgIpc) is 2.52. The molecule has 0 aliphatic heterocycles. The predicted molar refractivity (Wildman–Crippen MR) is 105 cm³/mol. The average molecular weight is 362 g/mol. The van der Waals surface area contributed by atoms with Crippen molar-refractivity contribution in [3.8, 4) is 0 Å². The normalized spacial score (nSPS) is 12.0. The predicted octanol–water partition coefficient (Wildman–Crippen LogP) is 7.02. The van der Waals surface area contributed by atoms with E-state index in [9.17, 15) is 4.57 Å². The fourth-order valence-electron chi connectivity index (χ4n) is 3.07. The molecule has 145 valence electrons. The lowest BCUT2D eigenvalue weighted by Crippen LogP contribution is -1.89. The van der Waals surface area contributed by atoms with E-state index in [4.69, 9.17) is 9.79 Å². The molecule has 0 saturated heterocycles. The molecule has 0 fully saturated rings. The molecule has 24 heavy (non-hydrogen) atoms. The van der Waals surface area contributed by atoms with E-state index in [2.05, 4.69) is 13.3 Å². The topological polar surface area (TPSA) is 57.5 Å². The van der Waals surface area contributed by atoms with Gasteiger partial charge in [0, 0.05) is 6.16 Å². The second-order valence-electron chi connectivity index (χ2n) is 7.20. The first-order valence-corrected chi connectivity index (χ1v) is 12.2. The Balaban J connectivity index is 3.02. The Morgan fingerprint density at radius 3 is 1.42 bits per heavy atom. The Morgan fingerprint density at radius 2 is 1.00 bits per heavy atom. The van der Waals surface area contributed by atoms with Crippen molar-refractivity contribution in [3.63, 3.8) is 0 Å². The van der Waals surface area contributed by atoms with Gasteiger partial charge in [-0.2, -0.15) is 0 Å². The third kappa shape index (κ3) is 22.1. The minimum absolute atomic E-state index is 0.0300. The van der Waals surface area contributed by atoms with Crippen molar-refractivity contribution >= 4 is 7.60 Å². The zero-order valence-corrected chi connectivity index (χ0v) is 16.9. The molecule has 0 aliphatic carbocycles. The third-order valence-electron chi connectivity index (χ3n) is 4.62. The monoisotopic (exact) mass is 361 g/mol. The Morgan fingerprint density at radius 1 is 0.625 bits per heavy atom. The minimum Gasteiger partial charge on any atom is -0.324 e. The van der Waals surface area contributed by atoms with Gasteiger partial charge in [-0.25, -0.2) is 0 Å². The first-order chi connectivity index (χ1) is 11.6. The van der Waals surface area contributed by atoms with Crippen LogP contribution in [0.1, 0.15) is 116 Å². The summed E-state index contributed by atoms with van der Waals surface area (Å²) in [5.74, 6) is 0. The quantitative estimate of drug-likeness (QED) is 0.192. The molecule has 0 aromatic heterocycles. The molecule has 0 atom stereocenters. The zero-order valence-electron chi connectivity index (χ0n) is 16.1. The Bertz CT molecular complexity index is 289. The summed E-state index contributed by atoms with van der Waals surface area (Å²) in [7, 11) is -3.78. The SMILES string of the molecule is CCCCCCCCCCCCCCCC[CH]CCCP(=O)(O)O. The molecule has 0 rings (SSSR count). The fraction of sp³-hybridized carbons (Fsp3) is 0.950. The molecule has 0 amide bonds. The van der Waals surface area contributed by atoms with E-state index in [1.54, 1.807) is 0 Å². The van der Waals surface area contributed by atoms with Crippen molar-refractivity contribution in [3.05, 3.63) is 6.42 Å². The van der Waals surface area contributed by atoms with Gasteiger partial charge in [0.2, 0.25) is 0 Å². The number of hydrogen-bond donors (Lipinski definition) is 2. The van der Waals surface area contributed by atoms with Crippen LogP contribution in [-0.2, 0) is 4.57 Å². The van der Waals surface area contributed by atoms with E-state index in [-0.39, 0.29) is 6.16 Å². The van der Waals surface area contributed by atoms with Gasteiger partial charge in [-0.05, 0) is 19.3 Å². The number of unbranched alkanes of at least 4 members (excludes halogenated alkanes) is 17. The highest BCUT2D eigenvalue weighted by atomic mass is 31.2. The molecule has 0 heterocycles. The summed E-state index contributed by atoms with van der Waals surface area (Å²) in [6, 6.07) is 0. The first kappa shape index (κ1) is 24.1. The molecule has 1 radical (unpaired) electrons. The molecule has 2 N–H and O–H groups in total. The summed E-state index contributed by atoms with van der Waals surface area (Å²) in [6.07, 6.45) is 24.1. The van der Waals surface area contributed by atoms with Crippen LogP contribution in [0.2, 0.25) is 0 Å². The van der Waals surface area contributed by atoms with Crippen molar-refractivity contribution < 1.29 is 14.4 Å². The molecule has 0 unspecified atom stereocenters. The van der Waals surface area contributed by atoms with Gasteiger partial charge in [-0.3, -0.25) is 4.57 Å². The van der Waals surface area contributed by atoms with E-state index in [1.807, 2.05) is 0 Å². The van der Waals surface area contributed by atoms with Crippen molar-refractivity contribution in [1.82, 2.24) is 0 Å². The molecule has 0 aromatic rings. The molecular formula is C20H42O3P. The zero-order chi connectivity index (χ0) is 17.9. The van der Waals surface area contributed by atoms with Gasteiger partial charge < -0.3 is 9.79 Å². The second kappa shape index (κ2) is 18.0. The minimum atomic E-state index is -3.78. The van der Waals surface area contributed by atoms with Crippen LogP contribution in [0, 0.1) is 6.42 Å². The highest BCUT2D eigenvalue weighted by Crippen LogP contribution is 2.35. The molecular weight excluding hydrogens is 319 g/mol. The number of rotatable bonds is 19. The van der Waals surface area contributed by atoms with Crippen LogP contribution in [0.5, 0.6) is 0 Å². The molecule has 4 heteroatoms.